The summed E-state index contributed by atoms with van der Waals surface area (Å²) in [6, 6.07) is 6.06. The predicted molar refractivity (Wildman–Crippen MR) is 84.8 cm³/mol. The number of hydrogen-bond acceptors (Lipinski definition) is 6. The molecular weight excluding hydrogens is 366 g/mol. The van der Waals surface area contributed by atoms with Crippen molar-refractivity contribution in [3.8, 4) is 5.69 Å². The first kappa shape index (κ1) is 16.5. The molecule has 0 saturated carbocycles. The highest BCUT2D eigenvalue weighted by Gasteiger charge is 2.53. The lowest BCUT2D eigenvalue weighted by atomic mass is 9.98. The maximum Gasteiger partial charge on any atom is 0.418 e. The Kier molecular flexibility index (Phi) is 3.50. The number of para-hydroxylation sites is 1. The van der Waals surface area contributed by atoms with Crippen molar-refractivity contribution >= 4 is 22.3 Å². The van der Waals surface area contributed by atoms with Gasteiger partial charge in [0.05, 0.1) is 12.2 Å². The highest BCUT2D eigenvalue weighted by atomic mass is 32.3. The largest absolute Gasteiger partial charge is 0.418 e. The van der Waals surface area contributed by atoms with Gasteiger partial charge in [-0.1, -0.05) is 18.2 Å². The number of urea groups is 1. The number of amides is 3. The van der Waals surface area contributed by atoms with E-state index >= 15 is 0 Å². The Bertz CT molecular complexity index is 1000. The van der Waals surface area contributed by atoms with Crippen molar-refractivity contribution in [2.75, 3.05) is 6.54 Å². The lowest BCUT2D eigenvalue weighted by Gasteiger charge is -2.26. The number of aromatic nitrogens is 2. The number of rotatable bonds is 4. The van der Waals surface area contributed by atoms with Gasteiger partial charge in [0.25, 0.3) is 0 Å². The highest BCUT2D eigenvalue weighted by molar-refractivity contribution is 7.80. The number of fused-ring (bicyclic) bond motifs is 4. The summed E-state index contributed by atoms with van der Waals surface area (Å²) in [7, 11) is -4.93. The third kappa shape index (κ3) is 2.51. The third-order valence-electron chi connectivity index (χ3n) is 4.25. The minimum atomic E-state index is -4.93. The van der Waals surface area contributed by atoms with Gasteiger partial charge in [0.1, 0.15) is 11.7 Å². The van der Waals surface area contributed by atoms with Gasteiger partial charge in [0, 0.05) is 11.8 Å². The van der Waals surface area contributed by atoms with Crippen LogP contribution in [0.2, 0.25) is 0 Å². The summed E-state index contributed by atoms with van der Waals surface area (Å²) in [5.41, 5.74) is 6.77. The van der Waals surface area contributed by atoms with Gasteiger partial charge in [-0.05, 0) is 12.1 Å². The van der Waals surface area contributed by atoms with E-state index in [-0.39, 0.29) is 12.2 Å². The molecule has 0 aliphatic carbocycles. The number of carbonyl (C=O) groups is 2. The first-order valence-electron chi connectivity index (χ1n) is 7.47. The van der Waals surface area contributed by atoms with E-state index < -0.39 is 34.4 Å². The van der Waals surface area contributed by atoms with Crippen molar-refractivity contribution in [1.82, 2.24) is 19.7 Å². The smallest absolute Gasteiger partial charge is 0.368 e. The van der Waals surface area contributed by atoms with Crippen LogP contribution in [0.25, 0.3) is 5.69 Å². The number of nitrogens with two attached hydrogens (primary N) is 1. The van der Waals surface area contributed by atoms with E-state index in [1.54, 1.807) is 30.5 Å². The Morgan fingerprint density at radius 1 is 1.31 bits per heavy atom. The zero-order valence-corrected chi connectivity index (χ0v) is 13.9. The standard InChI is InChI=1S/C14H13N5O6S/c15-13(20)12-11-9(6-18(16-11)8-4-2-1-3-5-8)10-7-17(12)14(21)19(10)25-26(22,23)24/h1-6,10,12H,7H2,(H2,15,20)(H,22,23,24)/t10-,12+/m1/s1. The Morgan fingerprint density at radius 3 is 2.62 bits per heavy atom. The van der Waals surface area contributed by atoms with Gasteiger partial charge in [-0.15, -0.1) is 4.28 Å². The van der Waals surface area contributed by atoms with Gasteiger partial charge in [-0.2, -0.15) is 18.6 Å². The van der Waals surface area contributed by atoms with E-state index in [4.69, 9.17) is 10.3 Å². The maximum atomic E-state index is 12.4. The van der Waals surface area contributed by atoms with Crippen LogP contribution in [0.15, 0.2) is 36.5 Å². The second-order valence-corrected chi connectivity index (χ2v) is 6.84. The lowest BCUT2D eigenvalue weighted by Crippen LogP contribution is -2.41. The molecule has 0 radical (unpaired) electrons. The number of nitrogens with zero attached hydrogens (tertiary/aromatic N) is 4. The van der Waals surface area contributed by atoms with Gasteiger partial charge in [0.2, 0.25) is 5.91 Å². The first-order chi connectivity index (χ1) is 12.3. The maximum absolute atomic E-state index is 12.4. The fourth-order valence-electron chi connectivity index (χ4n) is 3.24. The number of primary amides is 1. The molecule has 2 aliphatic heterocycles. The molecule has 2 bridgehead atoms. The minimum Gasteiger partial charge on any atom is -0.368 e. The van der Waals surface area contributed by atoms with Crippen molar-refractivity contribution in [3.05, 3.63) is 47.8 Å². The zero-order chi connectivity index (χ0) is 18.6. The molecule has 1 fully saturated rings. The fourth-order valence-corrected chi connectivity index (χ4v) is 3.61. The molecule has 0 spiro atoms. The molecule has 2 aliphatic rings. The van der Waals surface area contributed by atoms with E-state index in [9.17, 15) is 18.0 Å². The molecule has 1 saturated heterocycles. The second kappa shape index (κ2) is 5.52. The van der Waals surface area contributed by atoms with E-state index in [0.29, 0.717) is 16.3 Å². The van der Waals surface area contributed by atoms with Crippen LogP contribution < -0.4 is 5.73 Å². The SMILES string of the molecule is NC(=O)[C@@H]1c2nn(-c3ccccc3)cc2[C@H]2CN1C(=O)N2OS(=O)(=O)O. The van der Waals surface area contributed by atoms with E-state index in [0.717, 1.165) is 4.90 Å². The molecular formula is C14H13N5O6S. The van der Waals surface area contributed by atoms with E-state index in [1.165, 1.54) is 4.68 Å². The second-order valence-electron chi connectivity index (χ2n) is 5.83. The van der Waals surface area contributed by atoms with Crippen LogP contribution in [-0.4, -0.2) is 51.2 Å². The van der Waals surface area contributed by atoms with Crippen molar-refractivity contribution in [2.24, 2.45) is 5.73 Å². The summed E-state index contributed by atoms with van der Waals surface area (Å²) in [5, 5.41) is 4.87. The number of hydroxylamine groups is 2. The van der Waals surface area contributed by atoms with Gasteiger partial charge in [-0.3, -0.25) is 9.35 Å². The molecule has 2 atom stereocenters. The molecule has 1 aromatic heterocycles. The quantitative estimate of drug-likeness (QED) is 0.706. The highest BCUT2D eigenvalue weighted by Crippen LogP contribution is 2.43. The Balaban J connectivity index is 1.84. The van der Waals surface area contributed by atoms with Crippen LogP contribution in [-0.2, 0) is 19.5 Å². The lowest BCUT2D eigenvalue weighted by molar-refractivity contribution is -0.122. The normalized spacial score (nSPS) is 21.8. The van der Waals surface area contributed by atoms with Crippen molar-refractivity contribution < 1.29 is 26.8 Å². The van der Waals surface area contributed by atoms with Crippen LogP contribution >= 0.6 is 0 Å². The van der Waals surface area contributed by atoms with Crippen molar-refractivity contribution in [3.63, 3.8) is 0 Å². The van der Waals surface area contributed by atoms with Crippen molar-refractivity contribution in [2.45, 2.75) is 12.1 Å². The average molecular weight is 379 g/mol. The molecule has 12 heteroatoms. The summed E-state index contributed by atoms with van der Waals surface area (Å²) in [6.07, 6.45) is 1.57. The zero-order valence-electron chi connectivity index (χ0n) is 13.1. The molecule has 3 amide bonds. The average Bonchev–Trinajstić information content (AvgIpc) is 3.12. The van der Waals surface area contributed by atoms with Gasteiger partial charge < -0.3 is 10.6 Å². The molecule has 11 nitrogen and oxygen atoms in total. The van der Waals surface area contributed by atoms with Gasteiger partial charge in [0.15, 0.2) is 6.04 Å². The fraction of sp³-hybridized carbons (Fsp3) is 0.214. The Hall–Kier alpha value is -2.96. The summed E-state index contributed by atoms with van der Waals surface area (Å²) >= 11 is 0. The van der Waals surface area contributed by atoms with Crippen LogP contribution in [0.5, 0.6) is 0 Å². The topological polar surface area (TPSA) is 148 Å². The summed E-state index contributed by atoms with van der Waals surface area (Å²) < 4.78 is 37.0. The van der Waals surface area contributed by atoms with Gasteiger partial charge >= 0.3 is 16.4 Å². The van der Waals surface area contributed by atoms with Crippen LogP contribution in [0.3, 0.4) is 0 Å². The predicted octanol–water partition coefficient (Wildman–Crippen LogP) is -0.0746. The molecule has 26 heavy (non-hydrogen) atoms. The summed E-state index contributed by atoms with van der Waals surface area (Å²) in [5.74, 6) is -0.815. The molecule has 0 unspecified atom stereocenters. The molecule has 136 valence electrons. The summed E-state index contributed by atoms with van der Waals surface area (Å²) in [4.78, 5) is 25.4. The van der Waals surface area contributed by atoms with E-state index in [2.05, 4.69) is 9.38 Å². The first-order valence-corrected chi connectivity index (χ1v) is 8.84. The van der Waals surface area contributed by atoms with Crippen molar-refractivity contribution in [1.29, 1.82) is 0 Å². The number of hydrogen-bond donors (Lipinski definition) is 2. The molecule has 4 rings (SSSR count). The number of benzene rings is 1. The Morgan fingerprint density at radius 2 is 2.00 bits per heavy atom. The van der Waals surface area contributed by atoms with Crippen LogP contribution in [0, 0.1) is 0 Å². The van der Waals surface area contributed by atoms with Crippen LogP contribution in [0.4, 0.5) is 4.79 Å². The molecule has 1 aromatic carbocycles. The third-order valence-corrected chi connectivity index (χ3v) is 4.60. The number of carbonyl (C=O) groups excluding carboxylic acids is 2. The molecule has 3 heterocycles. The monoisotopic (exact) mass is 379 g/mol. The van der Waals surface area contributed by atoms with Gasteiger partial charge in [-0.25, -0.2) is 9.48 Å². The van der Waals surface area contributed by atoms with Crippen LogP contribution in [0.1, 0.15) is 23.3 Å². The van der Waals surface area contributed by atoms with E-state index in [1.807, 2.05) is 6.07 Å². The molecule has 3 N–H and O–H groups in total. The summed E-state index contributed by atoms with van der Waals surface area (Å²) in [6.45, 7) is -0.0323. The minimum absolute atomic E-state index is 0.0323. The Labute approximate surface area is 147 Å². The molecule has 2 aromatic rings.